The Kier molecular flexibility index (Phi) is 6.88. The number of nitrogens with one attached hydrogen (secondary N) is 2. The highest BCUT2D eigenvalue weighted by atomic mass is 16.2. The summed E-state index contributed by atoms with van der Waals surface area (Å²) in [6.07, 6.45) is 4.36. The lowest BCUT2D eigenvalue weighted by molar-refractivity contribution is -0.140. The van der Waals surface area contributed by atoms with E-state index in [0.717, 1.165) is 0 Å². The lowest BCUT2D eigenvalue weighted by Crippen LogP contribution is -2.56. The maximum atomic E-state index is 13.0. The van der Waals surface area contributed by atoms with Crippen molar-refractivity contribution in [2.45, 2.75) is 50.2 Å². The van der Waals surface area contributed by atoms with Gasteiger partial charge in [-0.1, -0.05) is 0 Å². The van der Waals surface area contributed by atoms with E-state index in [0.29, 0.717) is 25.1 Å². The topological polar surface area (TPSA) is 190 Å². The molecular formula is C16H25N7O4. The number of hydrogen-bond acceptors (Lipinski definition) is 6. The molecule has 0 radical (unpaired) electrons. The van der Waals surface area contributed by atoms with Crippen LogP contribution in [0.2, 0.25) is 0 Å². The zero-order valence-electron chi connectivity index (χ0n) is 14.9. The highest BCUT2D eigenvalue weighted by molar-refractivity contribution is 5.93. The number of imidazole rings is 1. The van der Waals surface area contributed by atoms with Crippen LogP contribution >= 0.6 is 0 Å². The molecule has 1 aliphatic heterocycles. The van der Waals surface area contributed by atoms with Crippen molar-refractivity contribution in [2.75, 3.05) is 6.54 Å². The molecule has 11 nitrogen and oxygen atoms in total. The van der Waals surface area contributed by atoms with Gasteiger partial charge in [0, 0.05) is 25.6 Å². The molecule has 2 heterocycles. The van der Waals surface area contributed by atoms with Crippen molar-refractivity contribution in [3.05, 3.63) is 18.2 Å². The Bertz CT molecular complexity index is 691. The van der Waals surface area contributed by atoms with Gasteiger partial charge in [-0.2, -0.15) is 0 Å². The second kappa shape index (κ2) is 9.12. The molecule has 27 heavy (non-hydrogen) atoms. The van der Waals surface area contributed by atoms with E-state index in [1.54, 1.807) is 6.20 Å². The molecule has 8 N–H and O–H groups in total. The minimum absolute atomic E-state index is 0.0392. The molecule has 1 aliphatic rings. The van der Waals surface area contributed by atoms with Crippen molar-refractivity contribution >= 4 is 23.6 Å². The molecule has 0 spiro atoms. The van der Waals surface area contributed by atoms with Crippen molar-refractivity contribution in [3.63, 3.8) is 0 Å². The zero-order valence-corrected chi connectivity index (χ0v) is 14.9. The fourth-order valence-corrected chi connectivity index (χ4v) is 3.05. The van der Waals surface area contributed by atoms with Gasteiger partial charge in [0.2, 0.25) is 23.6 Å². The van der Waals surface area contributed by atoms with Gasteiger partial charge in [-0.15, -0.1) is 0 Å². The first-order valence-corrected chi connectivity index (χ1v) is 8.71. The highest BCUT2D eigenvalue weighted by Gasteiger charge is 2.37. The van der Waals surface area contributed by atoms with E-state index in [9.17, 15) is 19.2 Å². The van der Waals surface area contributed by atoms with Gasteiger partial charge >= 0.3 is 0 Å². The fraction of sp³-hybridized carbons (Fsp3) is 0.562. The molecule has 0 aromatic carbocycles. The van der Waals surface area contributed by atoms with E-state index < -0.39 is 41.8 Å². The summed E-state index contributed by atoms with van der Waals surface area (Å²) in [5.41, 5.74) is 16.8. The van der Waals surface area contributed by atoms with Crippen LogP contribution in [0, 0.1) is 0 Å². The van der Waals surface area contributed by atoms with Crippen molar-refractivity contribution in [1.29, 1.82) is 0 Å². The molecule has 2 rings (SSSR count). The molecule has 0 unspecified atom stereocenters. The molecule has 1 fully saturated rings. The van der Waals surface area contributed by atoms with Crippen molar-refractivity contribution in [1.82, 2.24) is 20.2 Å². The number of nitrogens with zero attached hydrogens (tertiary/aromatic N) is 2. The van der Waals surface area contributed by atoms with Crippen molar-refractivity contribution < 1.29 is 19.2 Å². The van der Waals surface area contributed by atoms with Crippen LogP contribution < -0.4 is 22.5 Å². The van der Waals surface area contributed by atoms with Gasteiger partial charge < -0.3 is 32.4 Å². The highest BCUT2D eigenvalue weighted by Crippen LogP contribution is 2.19. The maximum Gasteiger partial charge on any atom is 0.246 e. The molecule has 11 heteroatoms. The van der Waals surface area contributed by atoms with E-state index in [4.69, 9.17) is 17.2 Å². The van der Waals surface area contributed by atoms with E-state index in [2.05, 4.69) is 15.3 Å². The summed E-state index contributed by atoms with van der Waals surface area (Å²) < 4.78 is 0. The molecule has 0 bridgehead atoms. The van der Waals surface area contributed by atoms with Gasteiger partial charge in [0.25, 0.3) is 0 Å². The molecule has 1 saturated heterocycles. The van der Waals surface area contributed by atoms with Gasteiger partial charge in [0.15, 0.2) is 0 Å². The van der Waals surface area contributed by atoms with E-state index in [-0.39, 0.29) is 19.3 Å². The number of carbonyl (C=O) groups is 4. The van der Waals surface area contributed by atoms with Crippen LogP contribution in [-0.4, -0.2) is 63.2 Å². The van der Waals surface area contributed by atoms with E-state index in [1.165, 1.54) is 11.2 Å². The smallest absolute Gasteiger partial charge is 0.246 e. The summed E-state index contributed by atoms with van der Waals surface area (Å²) in [5, 5.41) is 2.60. The third-order valence-electron chi connectivity index (χ3n) is 4.49. The van der Waals surface area contributed by atoms with Crippen LogP contribution in [0.1, 0.15) is 31.4 Å². The summed E-state index contributed by atoms with van der Waals surface area (Å²) in [4.78, 5) is 56.0. The Morgan fingerprint density at radius 3 is 2.67 bits per heavy atom. The van der Waals surface area contributed by atoms with Crippen molar-refractivity contribution in [3.8, 4) is 0 Å². The molecule has 1 aromatic heterocycles. The number of nitrogens with two attached hydrogens (primary N) is 3. The van der Waals surface area contributed by atoms with Crippen LogP contribution in [0.5, 0.6) is 0 Å². The Morgan fingerprint density at radius 2 is 2.07 bits per heavy atom. The number of primary amides is 2. The summed E-state index contributed by atoms with van der Waals surface area (Å²) in [6, 6.07) is -2.64. The molecule has 3 atom stereocenters. The van der Waals surface area contributed by atoms with Crippen LogP contribution in [0.3, 0.4) is 0 Å². The number of rotatable bonds is 9. The Labute approximate surface area is 156 Å². The number of carbonyl (C=O) groups excluding carboxylic acids is 4. The first-order chi connectivity index (χ1) is 12.8. The minimum Gasteiger partial charge on any atom is -0.370 e. The lowest BCUT2D eigenvalue weighted by Gasteiger charge is -2.28. The minimum atomic E-state index is -0.988. The van der Waals surface area contributed by atoms with Crippen LogP contribution in [0.25, 0.3) is 0 Å². The molecule has 148 valence electrons. The first kappa shape index (κ1) is 20.4. The van der Waals surface area contributed by atoms with Gasteiger partial charge in [0.1, 0.15) is 12.1 Å². The summed E-state index contributed by atoms with van der Waals surface area (Å²) in [7, 11) is 0. The van der Waals surface area contributed by atoms with Gasteiger partial charge in [0.05, 0.1) is 18.1 Å². The zero-order chi connectivity index (χ0) is 20.0. The normalized spacial score (nSPS) is 18.7. The average molecular weight is 379 g/mol. The number of amides is 4. The number of hydrogen-bond donors (Lipinski definition) is 5. The van der Waals surface area contributed by atoms with Gasteiger partial charge in [-0.3, -0.25) is 19.2 Å². The predicted molar refractivity (Wildman–Crippen MR) is 94.6 cm³/mol. The quantitative estimate of drug-likeness (QED) is 0.315. The van der Waals surface area contributed by atoms with E-state index in [1.807, 2.05) is 0 Å². The number of likely N-dealkylation sites (tertiary alicyclic amines) is 1. The number of H-pyrrole nitrogens is 1. The molecule has 1 aromatic rings. The third-order valence-corrected chi connectivity index (χ3v) is 4.49. The Hall–Kier alpha value is -2.95. The van der Waals surface area contributed by atoms with Crippen LogP contribution in [0.15, 0.2) is 12.5 Å². The maximum absolute atomic E-state index is 13.0. The molecule has 0 aliphatic carbocycles. The summed E-state index contributed by atoms with van der Waals surface area (Å²) >= 11 is 0. The first-order valence-electron chi connectivity index (χ1n) is 8.71. The molecule has 0 saturated carbocycles. The fourth-order valence-electron chi connectivity index (χ4n) is 3.05. The molecular weight excluding hydrogens is 354 g/mol. The standard InChI is InChI=1S/C16H25N7O4/c17-10(3-4-13(18)24)15(26)22-11(6-9-7-20-8-21-9)16(27)23-5-1-2-12(23)14(19)25/h7-8,10-12H,1-6,17H2,(H2,18,24)(H2,19,25)(H,20,21)(H,22,26)/t10-,11-,12-/m0/s1. The Balaban J connectivity index is 2.11. The number of aromatic amines is 1. The summed E-state index contributed by atoms with van der Waals surface area (Å²) in [6.45, 7) is 0.382. The predicted octanol–water partition coefficient (Wildman–Crippen LogP) is -2.49. The monoisotopic (exact) mass is 379 g/mol. The number of aromatic nitrogens is 2. The summed E-state index contributed by atoms with van der Waals surface area (Å²) in [5.74, 6) is -2.15. The van der Waals surface area contributed by atoms with Crippen LogP contribution in [0.4, 0.5) is 0 Å². The largest absolute Gasteiger partial charge is 0.370 e. The van der Waals surface area contributed by atoms with Crippen molar-refractivity contribution in [2.24, 2.45) is 17.2 Å². The Morgan fingerprint density at radius 1 is 1.33 bits per heavy atom. The van der Waals surface area contributed by atoms with Gasteiger partial charge in [-0.25, -0.2) is 4.98 Å². The average Bonchev–Trinajstić information content (AvgIpc) is 3.29. The SMILES string of the molecule is NC(=O)CC[C@H](N)C(=O)N[C@@H](Cc1c[nH]cn1)C(=O)N1CCC[C@H]1C(N)=O. The lowest BCUT2D eigenvalue weighted by atomic mass is 10.1. The van der Waals surface area contributed by atoms with E-state index >= 15 is 0 Å². The second-order valence-electron chi connectivity index (χ2n) is 6.53. The third kappa shape index (κ3) is 5.51. The molecule has 4 amide bonds. The van der Waals surface area contributed by atoms with Crippen LogP contribution in [-0.2, 0) is 25.6 Å². The van der Waals surface area contributed by atoms with Gasteiger partial charge in [-0.05, 0) is 19.3 Å². The second-order valence-corrected chi connectivity index (χ2v) is 6.53.